The van der Waals surface area contributed by atoms with Crippen molar-refractivity contribution >= 4 is 21.6 Å². The molecular formula is C14H18ClN3O4S. The monoisotopic (exact) mass is 359 g/mol. The van der Waals surface area contributed by atoms with Crippen LogP contribution >= 0.6 is 11.6 Å². The molecule has 0 radical (unpaired) electrons. The van der Waals surface area contributed by atoms with Crippen molar-refractivity contribution in [3.63, 3.8) is 0 Å². The lowest BCUT2D eigenvalue weighted by atomic mass is 10.2. The molecule has 0 fully saturated rings. The number of aromatic nitrogens is 2. The van der Waals surface area contributed by atoms with E-state index in [0.717, 1.165) is 0 Å². The van der Waals surface area contributed by atoms with Crippen molar-refractivity contribution in [2.45, 2.75) is 18.4 Å². The van der Waals surface area contributed by atoms with E-state index in [-0.39, 0.29) is 16.6 Å². The smallest absolute Gasteiger partial charge is 0.245 e. The molecule has 23 heavy (non-hydrogen) atoms. The molecular weight excluding hydrogens is 342 g/mol. The van der Waals surface area contributed by atoms with Crippen molar-refractivity contribution in [1.82, 2.24) is 14.5 Å². The number of ether oxygens (including phenoxy) is 2. The van der Waals surface area contributed by atoms with Gasteiger partial charge in [0.05, 0.1) is 19.9 Å². The van der Waals surface area contributed by atoms with Crippen molar-refractivity contribution in [3.05, 3.63) is 34.6 Å². The normalized spacial score (nSPS) is 11.5. The SMILES string of the molecule is COc1ccc(OC)c(CNS(=O)(=O)c2c(C)nn(C)c2Cl)c1. The van der Waals surface area contributed by atoms with Crippen LogP contribution in [0.25, 0.3) is 0 Å². The molecule has 0 aliphatic heterocycles. The molecule has 7 nitrogen and oxygen atoms in total. The van der Waals surface area contributed by atoms with Crippen molar-refractivity contribution in [2.24, 2.45) is 7.05 Å². The first kappa shape index (κ1) is 17.6. The van der Waals surface area contributed by atoms with Crippen molar-refractivity contribution < 1.29 is 17.9 Å². The molecule has 1 aromatic heterocycles. The Morgan fingerprint density at radius 3 is 2.52 bits per heavy atom. The standard InChI is InChI=1S/C14H18ClN3O4S/c1-9-13(14(15)18(2)17-9)23(19,20)16-8-10-7-11(21-3)5-6-12(10)22-4/h5-7,16H,8H2,1-4H3. The Morgan fingerprint density at radius 2 is 2.00 bits per heavy atom. The Morgan fingerprint density at radius 1 is 1.30 bits per heavy atom. The topological polar surface area (TPSA) is 82.4 Å². The van der Waals surface area contributed by atoms with Gasteiger partial charge in [0, 0.05) is 19.2 Å². The van der Waals surface area contributed by atoms with Gasteiger partial charge in [-0.05, 0) is 25.1 Å². The molecule has 9 heteroatoms. The summed E-state index contributed by atoms with van der Waals surface area (Å²) in [7, 11) is 0.830. The second-order valence-corrected chi connectivity index (χ2v) is 6.89. The summed E-state index contributed by atoms with van der Waals surface area (Å²) < 4.78 is 39.2. The summed E-state index contributed by atoms with van der Waals surface area (Å²) in [5, 5.41) is 4.08. The minimum Gasteiger partial charge on any atom is -0.497 e. The molecule has 0 spiro atoms. The number of hydrogen-bond acceptors (Lipinski definition) is 5. The second-order valence-electron chi connectivity index (χ2n) is 4.83. The molecule has 0 saturated heterocycles. The van der Waals surface area contributed by atoms with Crippen molar-refractivity contribution in [1.29, 1.82) is 0 Å². The van der Waals surface area contributed by atoms with Gasteiger partial charge < -0.3 is 9.47 Å². The Hall–Kier alpha value is -1.77. The largest absolute Gasteiger partial charge is 0.497 e. The van der Waals surface area contributed by atoms with Crippen LogP contribution in [0.1, 0.15) is 11.3 Å². The van der Waals surface area contributed by atoms with Gasteiger partial charge >= 0.3 is 0 Å². The number of halogens is 1. The van der Waals surface area contributed by atoms with E-state index in [9.17, 15) is 8.42 Å². The average Bonchev–Trinajstić information content (AvgIpc) is 2.78. The number of rotatable bonds is 6. The summed E-state index contributed by atoms with van der Waals surface area (Å²) >= 11 is 6.02. The quantitative estimate of drug-likeness (QED) is 0.851. The lowest BCUT2D eigenvalue weighted by Gasteiger charge is -2.12. The third-order valence-corrected chi connectivity index (χ3v) is 5.41. The fourth-order valence-corrected chi connectivity index (χ4v) is 3.93. The van der Waals surface area contributed by atoms with Gasteiger partial charge in [-0.1, -0.05) is 11.6 Å². The van der Waals surface area contributed by atoms with E-state index in [1.807, 2.05) is 0 Å². The first-order chi connectivity index (χ1) is 10.8. The van der Waals surface area contributed by atoms with Gasteiger partial charge in [0.25, 0.3) is 0 Å². The summed E-state index contributed by atoms with van der Waals surface area (Å²) in [6.45, 7) is 1.62. The van der Waals surface area contributed by atoms with E-state index in [0.29, 0.717) is 22.8 Å². The number of nitrogens with zero attached hydrogens (tertiary/aromatic N) is 2. The molecule has 0 aliphatic carbocycles. The Kier molecular flexibility index (Phi) is 5.18. The highest BCUT2D eigenvalue weighted by molar-refractivity contribution is 7.89. The Labute approximate surface area is 140 Å². The summed E-state index contributed by atoms with van der Waals surface area (Å²) in [5.41, 5.74) is 0.982. The molecule has 0 atom stereocenters. The van der Waals surface area contributed by atoms with E-state index < -0.39 is 10.0 Å². The molecule has 0 unspecified atom stereocenters. The van der Waals surface area contributed by atoms with Gasteiger partial charge in [0.2, 0.25) is 10.0 Å². The third kappa shape index (κ3) is 3.60. The molecule has 1 aromatic carbocycles. The van der Waals surface area contributed by atoms with E-state index in [4.69, 9.17) is 21.1 Å². The number of hydrogen-bond donors (Lipinski definition) is 1. The van der Waals surface area contributed by atoms with E-state index in [1.165, 1.54) is 18.9 Å². The maximum absolute atomic E-state index is 12.5. The molecule has 2 aromatic rings. The van der Waals surface area contributed by atoms with Gasteiger partial charge in [-0.15, -0.1) is 0 Å². The molecule has 1 heterocycles. The first-order valence-corrected chi connectivity index (χ1v) is 8.56. The zero-order valence-corrected chi connectivity index (χ0v) is 14.8. The number of sulfonamides is 1. The summed E-state index contributed by atoms with van der Waals surface area (Å²) in [4.78, 5) is -0.0245. The number of aryl methyl sites for hydroxylation is 2. The van der Waals surface area contributed by atoms with Crippen LogP contribution < -0.4 is 14.2 Å². The minimum atomic E-state index is -3.81. The van der Waals surface area contributed by atoms with Crippen LogP contribution in [0, 0.1) is 6.92 Å². The zero-order valence-electron chi connectivity index (χ0n) is 13.3. The summed E-state index contributed by atoms with van der Waals surface area (Å²) in [6.07, 6.45) is 0. The highest BCUT2D eigenvalue weighted by Gasteiger charge is 2.25. The number of methoxy groups -OCH3 is 2. The zero-order chi connectivity index (χ0) is 17.2. The van der Waals surface area contributed by atoms with Gasteiger partial charge in [-0.25, -0.2) is 13.1 Å². The predicted molar refractivity (Wildman–Crippen MR) is 86.5 cm³/mol. The van der Waals surface area contributed by atoms with Crippen molar-refractivity contribution in [2.75, 3.05) is 14.2 Å². The Balaban J connectivity index is 2.29. The summed E-state index contributed by atoms with van der Waals surface area (Å²) in [6, 6.07) is 5.16. The molecule has 2 rings (SSSR count). The molecule has 0 bridgehead atoms. The molecule has 0 saturated carbocycles. The van der Waals surface area contributed by atoms with Gasteiger partial charge in [0.1, 0.15) is 21.5 Å². The first-order valence-electron chi connectivity index (χ1n) is 6.69. The number of nitrogens with one attached hydrogen (secondary N) is 1. The van der Waals surface area contributed by atoms with E-state index >= 15 is 0 Å². The lowest BCUT2D eigenvalue weighted by Crippen LogP contribution is -2.24. The van der Waals surface area contributed by atoms with E-state index in [1.54, 1.807) is 32.2 Å². The average molecular weight is 360 g/mol. The number of benzene rings is 1. The maximum Gasteiger partial charge on any atom is 0.245 e. The van der Waals surface area contributed by atoms with Crippen LogP contribution in [0.3, 0.4) is 0 Å². The van der Waals surface area contributed by atoms with Crippen LogP contribution in [0.5, 0.6) is 11.5 Å². The van der Waals surface area contributed by atoms with Gasteiger partial charge in [-0.3, -0.25) is 4.68 Å². The molecule has 1 N–H and O–H groups in total. The Bertz CT molecular complexity index is 818. The van der Waals surface area contributed by atoms with Crippen molar-refractivity contribution in [3.8, 4) is 11.5 Å². The molecule has 0 amide bonds. The van der Waals surface area contributed by atoms with Gasteiger partial charge in [0.15, 0.2) is 0 Å². The van der Waals surface area contributed by atoms with Crippen LogP contribution in [0.2, 0.25) is 5.15 Å². The second kappa shape index (κ2) is 6.77. The van der Waals surface area contributed by atoms with Crippen LogP contribution in [-0.4, -0.2) is 32.4 Å². The fourth-order valence-electron chi connectivity index (χ4n) is 2.18. The van der Waals surface area contributed by atoms with Crippen LogP contribution in [0.4, 0.5) is 0 Å². The maximum atomic E-state index is 12.5. The van der Waals surface area contributed by atoms with E-state index in [2.05, 4.69) is 9.82 Å². The van der Waals surface area contributed by atoms with Gasteiger partial charge in [-0.2, -0.15) is 5.10 Å². The molecule has 126 valence electrons. The highest BCUT2D eigenvalue weighted by atomic mass is 35.5. The lowest BCUT2D eigenvalue weighted by molar-refractivity contribution is 0.398. The molecule has 0 aliphatic rings. The predicted octanol–water partition coefficient (Wildman–Crippen LogP) is 1.88. The highest BCUT2D eigenvalue weighted by Crippen LogP contribution is 2.26. The fraction of sp³-hybridized carbons (Fsp3) is 0.357. The van der Waals surface area contributed by atoms with Crippen LogP contribution in [-0.2, 0) is 23.6 Å². The van der Waals surface area contributed by atoms with Crippen LogP contribution in [0.15, 0.2) is 23.1 Å². The summed E-state index contributed by atoms with van der Waals surface area (Å²) in [5.74, 6) is 1.16. The third-order valence-electron chi connectivity index (χ3n) is 3.31. The minimum absolute atomic E-state index is 0.0245.